The summed E-state index contributed by atoms with van der Waals surface area (Å²) in [6.07, 6.45) is 5.93. The maximum atomic E-state index is 11.1. The SMILES string of the molecule is CC(CCc1ccccc1)NC1CCCC(C(=O)O)C1. The second kappa shape index (κ2) is 7.44. The summed E-state index contributed by atoms with van der Waals surface area (Å²) in [5, 5.41) is 12.7. The van der Waals surface area contributed by atoms with Gasteiger partial charge in [-0.3, -0.25) is 4.79 Å². The van der Waals surface area contributed by atoms with E-state index in [1.165, 1.54) is 5.56 Å². The third kappa shape index (κ3) is 4.64. The molecule has 2 rings (SSSR count). The van der Waals surface area contributed by atoms with Gasteiger partial charge in [-0.05, 0) is 44.6 Å². The van der Waals surface area contributed by atoms with E-state index in [4.69, 9.17) is 5.11 Å². The largest absolute Gasteiger partial charge is 0.481 e. The van der Waals surface area contributed by atoms with E-state index in [-0.39, 0.29) is 5.92 Å². The highest BCUT2D eigenvalue weighted by molar-refractivity contribution is 5.70. The van der Waals surface area contributed by atoms with Crippen molar-refractivity contribution in [2.45, 2.75) is 57.5 Å². The molecule has 1 aliphatic carbocycles. The number of carboxylic acids is 1. The van der Waals surface area contributed by atoms with E-state index in [1.54, 1.807) is 0 Å². The Morgan fingerprint density at radius 3 is 2.80 bits per heavy atom. The van der Waals surface area contributed by atoms with E-state index < -0.39 is 5.97 Å². The van der Waals surface area contributed by atoms with Crippen molar-refractivity contribution >= 4 is 5.97 Å². The van der Waals surface area contributed by atoms with Gasteiger partial charge in [0.2, 0.25) is 0 Å². The Morgan fingerprint density at radius 2 is 2.10 bits per heavy atom. The molecule has 1 aromatic rings. The molecule has 1 fully saturated rings. The second-order valence-electron chi connectivity index (χ2n) is 5.99. The summed E-state index contributed by atoms with van der Waals surface area (Å²) in [7, 11) is 0. The number of carboxylic acid groups (broad SMARTS) is 1. The van der Waals surface area contributed by atoms with Gasteiger partial charge in [0.1, 0.15) is 0 Å². The average molecular weight is 275 g/mol. The van der Waals surface area contributed by atoms with Crippen molar-refractivity contribution in [3.8, 4) is 0 Å². The van der Waals surface area contributed by atoms with Gasteiger partial charge >= 0.3 is 5.97 Å². The summed E-state index contributed by atoms with van der Waals surface area (Å²) >= 11 is 0. The van der Waals surface area contributed by atoms with E-state index >= 15 is 0 Å². The minimum absolute atomic E-state index is 0.150. The van der Waals surface area contributed by atoms with Crippen LogP contribution < -0.4 is 5.32 Å². The first-order chi connectivity index (χ1) is 9.65. The maximum absolute atomic E-state index is 11.1. The van der Waals surface area contributed by atoms with Crippen molar-refractivity contribution in [1.82, 2.24) is 5.32 Å². The highest BCUT2D eigenvalue weighted by Crippen LogP contribution is 2.25. The molecule has 0 saturated heterocycles. The lowest BCUT2D eigenvalue weighted by molar-refractivity contribution is -0.143. The minimum Gasteiger partial charge on any atom is -0.481 e. The van der Waals surface area contributed by atoms with Crippen molar-refractivity contribution in [2.24, 2.45) is 5.92 Å². The lowest BCUT2D eigenvalue weighted by Crippen LogP contribution is -2.41. The normalized spacial score (nSPS) is 24.2. The predicted molar refractivity (Wildman–Crippen MR) is 80.7 cm³/mol. The first-order valence-corrected chi connectivity index (χ1v) is 7.68. The Hall–Kier alpha value is -1.35. The fraction of sp³-hybridized carbons (Fsp3) is 0.588. The lowest BCUT2D eigenvalue weighted by Gasteiger charge is -2.30. The van der Waals surface area contributed by atoms with Crippen molar-refractivity contribution in [2.75, 3.05) is 0 Å². The molecule has 2 N–H and O–H groups in total. The number of aryl methyl sites for hydroxylation is 1. The number of hydrogen-bond donors (Lipinski definition) is 2. The molecule has 1 aliphatic rings. The topological polar surface area (TPSA) is 49.3 Å². The molecule has 3 atom stereocenters. The van der Waals surface area contributed by atoms with Crippen LogP contribution in [-0.2, 0) is 11.2 Å². The van der Waals surface area contributed by atoms with Crippen LogP contribution in [0.1, 0.15) is 44.6 Å². The van der Waals surface area contributed by atoms with Crippen LogP contribution in [0.3, 0.4) is 0 Å². The highest BCUT2D eigenvalue weighted by Gasteiger charge is 2.27. The molecular formula is C17H25NO2. The minimum atomic E-state index is -0.631. The molecule has 3 unspecified atom stereocenters. The van der Waals surface area contributed by atoms with Crippen molar-refractivity contribution in [1.29, 1.82) is 0 Å². The summed E-state index contributed by atoms with van der Waals surface area (Å²) in [6, 6.07) is 11.3. The van der Waals surface area contributed by atoms with Crippen molar-refractivity contribution in [3.05, 3.63) is 35.9 Å². The van der Waals surface area contributed by atoms with Crippen LogP contribution in [0.2, 0.25) is 0 Å². The quantitative estimate of drug-likeness (QED) is 0.838. The first kappa shape index (κ1) is 15.0. The zero-order chi connectivity index (χ0) is 14.4. The Bertz CT molecular complexity index is 418. The third-order valence-electron chi connectivity index (χ3n) is 4.25. The molecule has 0 bridgehead atoms. The Labute approximate surface area is 121 Å². The summed E-state index contributed by atoms with van der Waals surface area (Å²) in [4.78, 5) is 11.1. The Kier molecular flexibility index (Phi) is 5.60. The fourth-order valence-corrected chi connectivity index (χ4v) is 3.08. The van der Waals surface area contributed by atoms with Crippen LogP contribution in [0, 0.1) is 5.92 Å². The van der Waals surface area contributed by atoms with Gasteiger partial charge in [-0.1, -0.05) is 36.8 Å². The molecule has 0 aliphatic heterocycles. The molecule has 110 valence electrons. The maximum Gasteiger partial charge on any atom is 0.306 e. The van der Waals surface area contributed by atoms with Gasteiger partial charge in [0.25, 0.3) is 0 Å². The van der Waals surface area contributed by atoms with E-state index in [9.17, 15) is 4.79 Å². The van der Waals surface area contributed by atoms with Crippen molar-refractivity contribution in [3.63, 3.8) is 0 Å². The molecule has 0 aromatic heterocycles. The predicted octanol–water partition coefficient (Wildman–Crippen LogP) is 3.24. The second-order valence-corrected chi connectivity index (χ2v) is 5.99. The molecule has 1 aromatic carbocycles. The molecule has 1 saturated carbocycles. The van der Waals surface area contributed by atoms with Gasteiger partial charge in [0.05, 0.1) is 5.92 Å². The van der Waals surface area contributed by atoms with E-state index in [1.807, 2.05) is 6.07 Å². The van der Waals surface area contributed by atoms with Crippen LogP contribution in [-0.4, -0.2) is 23.2 Å². The summed E-state index contributed by atoms with van der Waals surface area (Å²) in [5.74, 6) is -0.781. The van der Waals surface area contributed by atoms with Crippen LogP contribution in [0.4, 0.5) is 0 Å². The monoisotopic (exact) mass is 275 g/mol. The molecule has 0 radical (unpaired) electrons. The lowest BCUT2D eigenvalue weighted by atomic mass is 9.85. The van der Waals surface area contributed by atoms with E-state index in [0.29, 0.717) is 12.1 Å². The fourth-order valence-electron chi connectivity index (χ4n) is 3.08. The number of hydrogen-bond acceptors (Lipinski definition) is 2. The number of benzene rings is 1. The van der Waals surface area contributed by atoms with Crippen LogP contribution in [0.15, 0.2) is 30.3 Å². The zero-order valence-electron chi connectivity index (χ0n) is 12.2. The van der Waals surface area contributed by atoms with Gasteiger partial charge in [-0.25, -0.2) is 0 Å². The van der Waals surface area contributed by atoms with E-state index in [0.717, 1.165) is 38.5 Å². The molecule has 0 spiro atoms. The van der Waals surface area contributed by atoms with Crippen LogP contribution in [0.25, 0.3) is 0 Å². The molecule has 0 heterocycles. The Morgan fingerprint density at radius 1 is 1.35 bits per heavy atom. The van der Waals surface area contributed by atoms with Crippen LogP contribution >= 0.6 is 0 Å². The van der Waals surface area contributed by atoms with Gasteiger partial charge < -0.3 is 10.4 Å². The Balaban J connectivity index is 1.74. The van der Waals surface area contributed by atoms with Gasteiger partial charge in [0, 0.05) is 12.1 Å². The van der Waals surface area contributed by atoms with Gasteiger partial charge in [0.15, 0.2) is 0 Å². The van der Waals surface area contributed by atoms with Crippen LogP contribution in [0.5, 0.6) is 0 Å². The standard InChI is InChI=1S/C17H25NO2/c1-13(10-11-14-6-3-2-4-7-14)18-16-9-5-8-15(12-16)17(19)20/h2-4,6-7,13,15-16,18H,5,8-12H2,1H3,(H,19,20). The summed E-state index contributed by atoms with van der Waals surface area (Å²) in [5.41, 5.74) is 1.37. The third-order valence-corrected chi connectivity index (χ3v) is 4.25. The van der Waals surface area contributed by atoms with Gasteiger partial charge in [-0.15, -0.1) is 0 Å². The molecule has 3 nitrogen and oxygen atoms in total. The number of carbonyl (C=O) groups is 1. The van der Waals surface area contributed by atoms with Crippen molar-refractivity contribution < 1.29 is 9.90 Å². The molecule has 0 amide bonds. The summed E-state index contributed by atoms with van der Waals surface area (Å²) < 4.78 is 0. The number of aliphatic carboxylic acids is 1. The first-order valence-electron chi connectivity index (χ1n) is 7.68. The smallest absolute Gasteiger partial charge is 0.306 e. The van der Waals surface area contributed by atoms with Gasteiger partial charge in [-0.2, -0.15) is 0 Å². The van der Waals surface area contributed by atoms with E-state index in [2.05, 4.69) is 36.5 Å². The highest BCUT2D eigenvalue weighted by atomic mass is 16.4. The molecular weight excluding hydrogens is 250 g/mol. The number of rotatable bonds is 6. The average Bonchev–Trinajstić information content (AvgIpc) is 2.46. The molecule has 3 heteroatoms. The summed E-state index contributed by atoms with van der Waals surface area (Å²) in [6.45, 7) is 2.20. The molecule has 20 heavy (non-hydrogen) atoms. The number of nitrogens with one attached hydrogen (secondary N) is 1. The zero-order valence-corrected chi connectivity index (χ0v) is 12.2.